The van der Waals surface area contributed by atoms with Crippen LogP contribution in [-0.2, 0) is 9.53 Å². The van der Waals surface area contributed by atoms with Crippen LogP contribution in [0.1, 0.15) is 22.8 Å². The Labute approximate surface area is 107 Å². The number of hydrogen-bond acceptors (Lipinski definition) is 4. The number of likely N-dealkylation sites (N-methyl/N-ethyl adjacent to an activating group) is 1. The highest BCUT2D eigenvalue weighted by molar-refractivity contribution is 5.94. The van der Waals surface area contributed by atoms with Crippen LogP contribution in [0, 0.1) is 6.92 Å². The van der Waals surface area contributed by atoms with Crippen molar-refractivity contribution in [3.63, 3.8) is 0 Å². The lowest BCUT2D eigenvalue weighted by molar-refractivity contribution is -0.115. The number of amides is 1. The summed E-state index contributed by atoms with van der Waals surface area (Å²) >= 11 is 0. The van der Waals surface area contributed by atoms with Crippen LogP contribution >= 0.6 is 0 Å². The molecule has 0 aliphatic heterocycles. The molecule has 0 fully saturated rings. The summed E-state index contributed by atoms with van der Waals surface area (Å²) in [7, 11) is 1.70. The molecular weight excluding hydrogens is 232 g/mol. The third kappa shape index (κ3) is 3.85. The number of carbonyl (C=O) groups excluding carboxylic acids is 2. The van der Waals surface area contributed by atoms with Crippen molar-refractivity contribution in [2.24, 2.45) is 0 Å². The molecule has 1 aromatic rings. The summed E-state index contributed by atoms with van der Waals surface area (Å²) in [6.07, 6.45) is 0. The summed E-state index contributed by atoms with van der Waals surface area (Å²) in [5, 5.41) is 5.52. The molecule has 2 N–H and O–H groups in total. The number of carbonyl (C=O) groups is 2. The maximum absolute atomic E-state index is 11.5. The minimum atomic E-state index is -0.353. The average Bonchev–Trinajstić information content (AvgIpc) is 2.32. The lowest BCUT2D eigenvalue weighted by Crippen LogP contribution is -2.25. The van der Waals surface area contributed by atoms with Crippen molar-refractivity contribution < 1.29 is 14.3 Å². The van der Waals surface area contributed by atoms with Gasteiger partial charge in [-0.15, -0.1) is 0 Å². The van der Waals surface area contributed by atoms with Gasteiger partial charge in [0.1, 0.15) is 0 Å². The van der Waals surface area contributed by atoms with Crippen molar-refractivity contribution in [2.45, 2.75) is 13.8 Å². The molecule has 0 saturated carbocycles. The summed E-state index contributed by atoms with van der Waals surface area (Å²) in [6, 6.07) is 5.04. The summed E-state index contributed by atoms with van der Waals surface area (Å²) in [4.78, 5) is 22.9. The fourth-order valence-electron chi connectivity index (χ4n) is 1.50. The van der Waals surface area contributed by atoms with Gasteiger partial charge in [0, 0.05) is 5.69 Å². The van der Waals surface area contributed by atoms with Gasteiger partial charge in [0.15, 0.2) is 0 Å². The molecule has 0 saturated heterocycles. The third-order valence-electron chi connectivity index (χ3n) is 2.35. The molecule has 0 aromatic heterocycles. The van der Waals surface area contributed by atoms with Crippen LogP contribution in [0.25, 0.3) is 0 Å². The first kappa shape index (κ1) is 14.2. The average molecular weight is 250 g/mol. The monoisotopic (exact) mass is 250 g/mol. The van der Waals surface area contributed by atoms with Crippen LogP contribution in [-0.4, -0.2) is 32.1 Å². The Balaban J connectivity index is 2.79. The Kier molecular flexibility index (Phi) is 5.32. The maximum Gasteiger partial charge on any atom is 0.338 e. The quantitative estimate of drug-likeness (QED) is 0.774. The zero-order valence-electron chi connectivity index (χ0n) is 10.9. The molecule has 0 radical (unpaired) electrons. The molecule has 0 atom stereocenters. The number of ether oxygens (including phenoxy) is 1. The molecule has 0 spiro atoms. The fourth-order valence-corrected chi connectivity index (χ4v) is 1.50. The van der Waals surface area contributed by atoms with E-state index in [2.05, 4.69) is 10.6 Å². The van der Waals surface area contributed by atoms with Gasteiger partial charge in [-0.1, -0.05) is 0 Å². The lowest BCUT2D eigenvalue weighted by Gasteiger charge is -2.09. The van der Waals surface area contributed by atoms with Crippen LogP contribution in [0.15, 0.2) is 18.2 Å². The van der Waals surface area contributed by atoms with Crippen LogP contribution in [0.3, 0.4) is 0 Å². The number of rotatable bonds is 5. The van der Waals surface area contributed by atoms with E-state index in [1.165, 1.54) is 0 Å². The lowest BCUT2D eigenvalue weighted by atomic mass is 10.1. The fraction of sp³-hybridized carbons (Fsp3) is 0.385. The summed E-state index contributed by atoms with van der Waals surface area (Å²) in [5.74, 6) is -0.474. The van der Waals surface area contributed by atoms with E-state index in [1.54, 1.807) is 32.2 Å². The zero-order valence-corrected chi connectivity index (χ0v) is 10.9. The topological polar surface area (TPSA) is 67.4 Å². The standard InChI is InChI=1S/C13H18N2O3/c1-4-18-13(17)10-5-6-11(9(2)7-10)15-12(16)8-14-3/h5-7,14H,4,8H2,1-3H3,(H,15,16). The Morgan fingerprint density at radius 1 is 1.33 bits per heavy atom. The normalized spacial score (nSPS) is 9.94. The molecular formula is C13H18N2O3. The van der Waals surface area contributed by atoms with Crippen molar-refractivity contribution in [3.05, 3.63) is 29.3 Å². The van der Waals surface area contributed by atoms with Gasteiger partial charge in [-0.25, -0.2) is 4.79 Å². The van der Waals surface area contributed by atoms with Crippen LogP contribution < -0.4 is 10.6 Å². The SMILES string of the molecule is CCOC(=O)c1ccc(NC(=O)CNC)c(C)c1. The minimum absolute atomic E-state index is 0.121. The maximum atomic E-state index is 11.5. The van der Waals surface area contributed by atoms with Crippen LogP contribution in [0.4, 0.5) is 5.69 Å². The highest BCUT2D eigenvalue weighted by atomic mass is 16.5. The minimum Gasteiger partial charge on any atom is -0.462 e. The van der Waals surface area contributed by atoms with Crippen molar-refractivity contribution in [2.75, 3.05) is 25.5 Å². The first-order valence-electron chi connectivity index (χ1n) is 5.80. The van der Waals surface area contributed by atoms with Crippen LogP contribution in [0.5, 0.6) is 0 Å². The number of hydrogen-bond donors (Lipinski definition) is 2. The first-order chi connectivity index (χ1) is 8.58. The Morgan fingerprint density at radius 3 is 2.61 bits per heavy atom. The Bertz CT molecular complexity index is 444. The predicted octanol–water partition coefficient (Wildman–Crippen LogP) is 1.33. The molecule has 1 amide bonds. The second-order valence-corrected chi connectivity index (χ2v) is 3.83. The molecule has 1 rings (SSSR count). The van der Waals surface area contributed by atoms with E-state index in [0.29, 0.717) is 17.9 Å². The number of esters is 1. The molecule has 0 bridgehead atoms. The third-order valence-corrected chi connectivity index (χ3v) is 2.35. The number of aryl methyl sites for hydroxylation is 1. The van der Waals surface area contributed by atoms with Gasteiger partial charge in [0.2, 0.25) is 5.91 Å². The zero-order chi connectivity index (χ0) is 13.5. The van der Waals surface area contributed by atoms with E-state index >= 15 is 0 Å². The molecule has 0 unspecified atom stereocenters. The van der Waals surface area contributed by atoms with Gasteiger partial charge in [0.05, 0.1) is 18.7 Å². The highest BCUT2D eigenvalue weighted by Gasteiger charge is 2.09. The number of benzene rings is 1. The Hall–Kier alpha value is -1.88. The van der Waals surface area contributed by atoms with Crippen molar-refractivity contribution in [3.8, 4) is 0 Å². The summed E-state index contributed by atoms with van der Waals surface area (Å²) in [6.45, 7) is 4.19. The largest absolute Gasteiger partial charge is 0.462 e. The van der Waals surface area contributed by atoms with Crippen molar-refractivity contribution >= 4 is 17.6 Å². The van der Waals surface area contributed by atoms with Gasteiger partial charge < -0.3 is 15.4 Å². The van der Waals surface area contributed by atoms with E-state index in [4.69, 9.17) is 4.74 Å². The summed E-state index contributed by atoms with van der Waals surface area (Å²) in [5.41, 5.74) is 2.01. The molecule has 0 heterocycles. The smallest absolute Gasteiger partial charge is 0.338 e. The van der Waals surface area contributed by atoms with Gasteiger partial charge >= 0.3 is 5.97 Å². The molecule has 1 aromatic carbocycles. The van der Waals surface area contributed by atoms with E-state index in [9.17, 15) is 9.59 Å². The molecule has 98 valence electrons. The molecule has 5 nitrogen and oxygen atoms in total. The first-order valence-corrected chi connectivity index (χ1v) is 5.80. The van der Waals surface area contributed by atoms with Gasteiger partial charge in [-0.2, -0.15) is 0 Å². The van der Waals surface area contributed by atoms with Crippen molar-refractivity contribution in [1.29, 1.82) is 0 Å². The molecule has 5 heteroatoms. The second-order valence-electron chi connectivity index (χ2n) is 3.83. The van der Waals surface area contributed by atoms with E-state index in [-0.39, 0.29) is 18.4 Å². The van der Waals surface area contributed by atoms with E-state index in [0.717, 1.165) is 5.56 Å². The number of nitrogens with one attached hydrogen (secondary N) is 2. The predicted molar refractivity (Wildman–Crippen MR) is 69.7 cm³/mol. The second kappa shape index (κ2) is 6.76. The molecule has 0 aliphatic rings. The highest BCUT2D eigenvalue weighted by Crippen LogP contribution is 2.17. The van der Waals surface area contributed by atoms with Gasteiger partial charge in [0.25, 0.3) is 0 Å². The number of anilines is 1. The van der Waals surface area contributed by atoms with E-state index in [1.807, 2.05) is 6.92 Å². The van der Waals surface area contributed by atoms with Crippen molar-refractivity contribution in [1.82, 2.24) is 5.32 Å². The van der Waals surface area contributed by atoms with Gasteiger partial charge in [-0.05, 0) is 44.7 Å². The van der Waals surface area contributed by atoms with Crippen LogP contribution in [0.2, 0.25) is 0 Å². The molecule has 0 aliphatic carbocycles. The molecule has 18 heavy (non-hydrogen) atoms. The summed E-state index contributed by atoms with van der Waals surface area (Å²) < 4.78 is 4.91. The van der Waals surface area contributed by atoms with E-state index < -0.39 is 0 Å². The van der Waals surface area contributed by atoms with Gasteiger partial charge in [-0.3, -0.25) is 4.79 Å². The Morgan fingerprint density at radius 2 is 2.06 bits per heavy atom.